The average molecular weight is 327 g/mol. The maximum atomic E-state index is 12.0. The first-order chi connectivity index (χ1) is 11.4. The van der Waals surface area contributed by atoms with E-state index in [9.17, 15) is 4.79 Å². The maximum absolute atomic E-state index is 12.0. The van der Waals surface area contributed by atoms with Crippen molar-refractivity contribution in [3.63, 3.8) is 0 Å². The molecule has 128 valence electrons. The van der Waals surface area contributed by atoms with Gasteiger partial charge in [0.1, 0.15) is 5.76 Å². The number of amides is 1. The third kappa shape index (κ3) is 3.85. The van der Waals surface area contributed by atoms with Crippen molar-refractivity contribution < 1.29 is 9.21 Å². The second kappa shape index (κ2) is 6.77. The van der Waals surface area contributed by atoms with E-state index in [1.54, 1.807) is 0 Å². The zero-order valence-corrected chi connectivity index (χ0v) is 14.6. The average Bonchev–Trinajstić information content (AvgIpc) is 2.94. The third-order valence-electron chi connectivity index (χ3n) is 4.36. The minimum absolute atomic E-state index is 0.0405. The molecule has 0 radical (unpaired) electrons. The Morgan fingerprint density at radius 3 is 2.71 bits per heavy atom. The lowest BCUT2D eigenvalue weighted by Crippen LogP contribution is -2.30. The molecule has 1 aromatic carbocycles. The van der Waals surface area contributed by atoms with Crippen LogP contribution in [0.15, 0.2) is 40.9 Å². The van der Waals surface area contributed by atoms with E-state index >= 15 is 0 Å². The highest BCUT2D eigenvalue weighted by molar-refractivity contribution is 5.77. The van der Waals surface area contributed by atoms with Gasteiger partial charge in [-0.3, -0.25) is 9.69 Å². The highest BCUT2D eigenvalue weighted by Gasteiger charge is 2.28. The summed E-state index contributed by atoms with van der Waals surface area (Å²) in [6, 6.07) is 10.2. The Bertz CT molecular complexity index is 688. The molecule has 5 nitrogen and oxygen atoms in total. The van der Waals surface area contributed by atoms with Gasteiger partial charge >= 0.3 is 0 Å². The van der Waals surface area contributed by atoms with E-state index in [1.807, 2.05) is 24.4 Å². The van der Waals surface area contributed by atoms with E-state index in [-0.39, 0.29) is 17.4 Å². The largest absolute Gasteiger partial charge is 0.444 e. The number of nitrogens with one attached hydrogen (secondary N) is 1. The Morgan fingerprint density at radius 1 is 1.29 bits per heavy atom. The van der Waals surface area contributed by atoms with Crippen molar-refractivity contribution in [1.82, 2.24) is 15.2 Å². The molecule has 0 spiro atoms. The van der Waals surface area contributed by atoms with E-state index in [1.165, 1.54) is 0 Å². The van der Waals surface area contributed by atoms with Crippen molar-refractivity contribution in [2.75, 3.05) is 13.1 Å². The number of carbonyl (C=O) groups excluding carboxylic acids is 1. The van der Waals surface area contributed by atoms with Crippen LogP contribution in [0.1, 0.15) is 50.4 Å². The molecule has 1 amide bonds. The van der Waals surface area contributed by atoms with Crippen molar-refractivity contribution >= 4 is 5.91 Å². The first kappa shape index (κ1) is 16.7. The number of nitrogens with zero attached hydrogens (tertiary/aromatic N) is 2. The van der Waals surface area contributed by atoms with Gasteiger partial charge in [0, 0.05) is 31.0 Å². The van der Waals surface area contributed by atoms with Gasteiger partial charge in [-0.1, -0.05) is 51.1 Å². The molecule has 1 N–H and O–H groups in total. The summed E-state index contributed by atoms with van der Waals surface area (Å²) in [4.78, 5) is 18.7. The monoisotopic (exact) mass is 327 g/mol. The zero-order chi connectivity index (χ0) is 17.2. The number of rotatable bonds is 3. The van der Waals surface area contributed by atoms with Gasteiger partial charge in [-0.05, 0) is 5.56 Å². The molecule has 1 atom stereocenters. The Labute approximate surface area is 143 Å². The van der Waals surface area contributed by atoms with Crippen LogP contribution in [-0.4, -0.2) is 28.9 Å². The molecule has 1 aliphatic heterocycles. The number of aromatic nitrogens is 1. The summed E-state index contributed by atoms with van der Waals surface area (Å²) in [6.45, 7) is 8.36. The van der Waals surface area contributed by atoms with Gasteiger partial charge in [-0.2, -0.15) is 0 Å². The summed E-state index contributed by atoms with van der Waals surface area (Å²) in [6.07, 6.45) is 2.27. The van der Waals surface area contributed by atoms with Crippen molar-refractivity contribution in [2.24, 2.45) is 0 Å². The first-order valence-electron chi connectivity index (χ1n) is 8.44. The van der Waals surface area contributed by atoms with Gasteiger partial charge in [-0.15, -0.1) is 0 Å². The van der Waals surface area contributed by atoms with E-state index in [0.29, 0.717) is 25.4 Å². The highest BCUT2D eigenvalue weighted by atomic mass is 16.4. The number of hydrogen-bond acceptors (Lipinski definition) is 4. The molecule has 5 heteroatoms. The Morgan fingerprint density at radius 2 is 2.04 bits per heavy atom. The van der Waals surface area contributed by atoms with Crippen molar-refractivity contribution in [2.45, 2.75) is 45.2 Å². The summed E-state index contributed by atoms with van der Waals surface area (Å²) in [5.74, 6) is 1.68. The number of oxazole rings is 1. The van der Waals surface area contributed by atoms with Crippen molar-refractivity contribution in [1.29, 1.82) is 0 Å². The number of benzene rings is 1. The third-order valence-corrected chi connectivity index (χ3v) is 4.36. The molecule has 24 heavy (non-hydrogen) atoms. The molecule has 1 fully saturated rings. The lowest BCUT2D eigenvalue weighted by atomic mass is 9.94. The summed E-state index contributed by atoms with van der Waals surface area (Å²) in [7, 11) is 0. The van der Waals surface area contributed by atoms with Crippen molar-refractivity contribution in [3.8, 4) is 0 Å². The van der Waals surface area contributed by atoms with Crippen molar-refractivity contribution in [3.05, 3.63) is 53.7 Å². The molecule has 0 bridgehead atoms. The fourth-order valence-electron chi connectivity index (χ4n) is 2.97. The second-order valence-corrected chi connectivity index (χ2v) is 7.32. The standard InChI is InChI=1S/C19H25N3O2/c1-19(2,3)16-12-21-18(24-16)13-22-10-9-20-17(23)11-15(22)14-7-5-4-6-8-14/h4-8,12,15H,9-11,13H2,1-3H3,(H,20,23)/t15-/m1/s1. The minimum atomic E-state index is -0.0552. The quantitative estimate of drug-likeness (QED) is 0.941. The SMILES string of the molecule is CC(C)(C)c1cnc(CN2CCNC(=O)C[C@@H]2c2ccccc2)o1. The van der Waals surface area contributed by atoms with E-state index < -0.39 is 0 Å². The fourth-order valence-corrected chi connectivity index (χ4v) is 2.97. The Hall–Kier alpha value is -2.14. The zero-order valence-electron chi connectivity index (χ0n) is 14.6. The lowest BCUT2D eigenvalue weighted by Gasteiger charge is -2.28. The highest BCUT2D eigenvalue weighted by Crippen LogP contribution is 2.28. The normalized spacial score (nSPS) is 19.8. The topological polar surface area (TPSA) is 58.4 Å². The van der Waals surface area contributed by atoms with Crippen LogP contribution in [0.5, 0.6) is 0 Å². The van der Waals surface area contributed by atoms with Gasteiger partial charge in [0.15, 0.2) is 0 Å². The molecule has 0 saturated carbocycles. The van der Waals surface area contributed by atoms with Crippen LogP contribution in [0.2, 0.25) is 0 Å². The van der Waals surface area contributed by atoms with Crippen LogP contribution >= 0.6 is 0 Å². The number of carbonyl (C=O) groups is 1. The predicted molar refractivity (Wildman–Crippen MR) is 92.4 cm³/mol. The van der Waals surface area contributed by atoms with Crippen LogP contribution in [0.4, 0.5) is 0 Å². The van der Waals surface area contributed by atoms with Crippen LogP contribution in [-0.2, 0) is 16.8 Å². The molecule has 1 saturated heterocycles. The van der Waals surface area contributed by atoms with Gasteiger partial charge in [-0.25, -0.2) is 4.98 Å². The molecule has 2 heterocycles. The predicted octanol–water partition coefficient (Wildman–Crippen LogP) is 3.04. The van der Waals surface area contributed by atoms with E-state index in [0.717, 1.165) is 17.9 Å². The van der Waals surface area contributed by atoms with Gasteiger partial charge < -0.3 is 9.73 Å². The van der Waals surface area contributed by atoms with Crippen LogP contribution in [0.3, 0.4) is 0 Å². The molecular formula is C19H25N3O2. The molecular weight excluding hydrogens is 302 g/mol. The molecule has 1 aromatic heterocycles. The van der Waals surface area contributed by atoms with Crippen LogP contribution in [0.25, 0.3) is 0 Å². The maximum Gasteiger partial charge on any atom is 0.221 e. The fraction of sp³-hybridized carbons (Fsp3) is 0.474. The summed E-state index contributed by atoms with van der Waals surface area (Å²) in [5, 5.41) is 2.96. The van der Waals surface area contributed by atoms with E-state index in [4.69, 9.17) is 4.42 Å². The van der Waals surface area contributed by atoms with Crippen LogP contribution < -0.4 is 5.32 Å². The first-order valence-corrected chi connectivity index (χ1v) is 8.44. The minimum Gasteiger partial charge on any atom is -0.444 e. The van der Waals surface area contributed by atoms with Gasteiger partial charge in [0.25, 0.3) is 0 Å². The summed E-state index contributed by atoms with van der Waals surface area (Å²) in [5.41, 5.74) is 1.09. The molecule has 0 unspecified atom stereocenters. The lowest BCUT2D eigenvalue weighted by molar-refractivity contribution is -0.121. The van der Waals surface area contributed by atoms with Gasteiger partial charge in [0.05, 0.1) is 12.7 Å². The Kier molecular flexibility index (Phi) is 4.71. The Balaban J connectivity index is 1.83. The molecule has 1 aliphatic rings. The van der Waals surface area contributed by atoms with E-state index in [2.05, 4.69) is 48.1 Å². The number of hydrogen-bond donors (Lipinski definition) is 1. The molecule has 0 aliphatic carbocycles. The summed E-state index contributed by atoms with van der Waals surface area (Å²) >= 11 is 0. The van der Waals surface area contributed by atoms with Gasteiger partial charge in [0.2, 0.25) is 11.8 Å². The smallest absolute Gasteiger partial charge is 0.221 e. The molecule has 2 aromatic rings. The second-order valence-electron chi connectivity index (χ2n) is 7.32. The summed E-state index contributed by atoms with van der Waals surface area (Å²) < 4.78 is 5.94. The van der Waals surface area contributed by atoms with Crippen LogP contribution in [0, 0.1) is 0 Å². The molecule has 3 rings (SSSR count).